The van der Waals surface area contributed by atoms with E-state index in [1.165, 1.54) is 0 Å². The molecule has 1 aromatic heterocycles. The maximum Gasteiger partial charge on any atom is 0.144 e. The van der Waals surface area contributed by atoms with Crippen molar-refractivity contribution in [2.75, 3.05) is 6.61 Å². The van der Waals surface area contributed by atoms with E-state index in [-0.39, 0.29) is 11.7 Å². The van der Waals surface area contributed by atoms with Gasteiger partial charge in [0.15, 0.2) is 0 Å². The molecule has 0 saturated heterocycles. The van der Waals surface area contributed by atoms with Crippen LogP contribution in [0, 0.1) is 5.92 Å². The second-order valence-corrected chi connectivity index (χ2v) is 5.17. The number of nitrogens with zero attached hydrogens (tertiary/aromatic N) is 2. The van der Waals surface area contributed by atoms with Crippen molar-refractivity contribution in [2.45, 2.75) is 26.3 Å². The van der Waals surface area contributed by atoms with Crippen molar-refractivity contribution in [1.29, 1.82) is 0 Å². The van der Waals surface area contributed by atoms with E-state index in [2.05, 4.69) is 5.10 Å². The summed E-state index contributed by atoms with van der Waals surface area (Å²) in [6.45, 7) is 3.34. The van der Waals surface area contributed by atoms with Gasteiger partial charge in [0.25, 0.3) is 0 Å². The molecule has 0 radical (unpaired) electrons. The highest BCUT2D eigenvalue weighted by Gasteiger charge is 2.25. The summed E-state index contributed by atoms with van der Waals surface area (Å²) in [4.78, 5) is 12.4. The Hall–Kier alpha value is -2.10. The molecule has 0 aliphatic carbocycles. The lowest BCUT2D eigenvalue weighted by Gasteiger charge is -2.24. The molecule has 0 spiro atoms. The molecule has 1 atom stereocenters. The quantitative estimate of drug-likeness (QED) is 0.856. The normalized spacial score (nSPS) is 17.4. The molecule has 4 heteroatoms. The fraction of sp³-hybridized carbons (Fsp3) is 0.375. The summed E-state index contributed by atoms with van der Waals surface area (Å²) in [5.74, 6) is 1.10. The van der Waals surface area contributed by atoms with Gasteiger partial charge in [0.05, 0.1) is 18.7 Å². The Morgan fingerprint density at radius 1 is 1.45 bits per heavy atom. The highest BCUT2D eigenvalue weighted by Crippen LogP contribution is 2.27. The van der Waals surface area contributed by atoms with Crippen LogP contribution in [0.25, 0.3) is 0 Å². The minimum absolute atomic E-state index is 0.0464. The van der Waals surface area contributed by atoms with Crippen molar-refractivity contribution in [2.24, 2.45) is 5.92 Å². The molecule has 3 rings (SSSR count). The second-order valence-electron chi connectivity index (χ2n) is 5.17. The molecule has 104 valence electrons. The largest absolute Gasteiger partial charge is 0.493 e. The van der Waals surface area contributed by atoms with Crippen LogP contribution in [0.15, 0.2) is 36.7 Å². The zero-order valence-electron chi connectivity index (χ0n) is 11.6. The molecule has 20 heavy (non-hydrogen) atoms. The highest BCUT2D eigenvalue weighted by molar-refractivity contribution is 5.84. The van der Waals surface area contributed by atoms with E-state index < -0.39 is 0 Å². The van der Waals surface area contributed by atoms with Crippen molar-refractivity contribution < 1.29 is 9.53 Å². The van der Waals surface area contributed by atoms with Gasteiger partial charge in [-0.05, 0) is 30.5 Å². The Balaban J connectivity index is 1.67. The number of Topliss-reactive ketones (excluding diaryl/α,β-unsaturated/α-hetero) is 1. The first-order valence-electron chi connectivity index (χ1n) is 7.01. The van der Waals surface area contributed by atoms with E-state index >= 15 is 0 Å². The maximum atomic E-state index is 12.4. The van der Waals surface area contributed by atoms with Gasteiger partial charge in [-0.15, -0.1) is 0 Å². The smallest absolute Gasteiger partial charge is 0.144 e. The second kappa shape index (κ2) is 5.49. The number of para-hydroxylation sites is 1. The highest BCUT2D eigenvalue weighted by atomic mass is 16.5. The lowest BCUT2D eigenvalue weighted by Crippen LogP contribution is -2.29. The van der Waals surface area contributed by atoms with Crippen LogP contribution in [0.4, 0.5) is 0 Å². The first-order chi connectivity index (χ1) is 9.76. The number of hydrogen-bond acceptors (Lipinski definition) is 3. The van der Waals surface area contributed by atoms with E-state index in [0.717, 1.165) is 29.8 Å². The predicted octanol–water partition coefficient (Wildman–Crippen LogP) is 2.27. The van der Waals surface area contributed by atoms with Gasteiger partial charge in [0.2, 0.25) is 0 Å². The van der Waals surface area contributed by atoms with Crippen LogP contribution in [0.5, 0.6) is 5.75 Å². The Morgan fingerprint density at radius 2 is 2.30 bits per heavy atom. The number of fused-ring (bicyclic) bond motifs is 1. The molecule has 1 aliphatic heterocycles. The molecular formula is C16H18N2O2. The summed E-state index contributed by atoms with van der Waals surface area (Å²) in [6.07, 6.45) is 4.93. The lowest BCUT2D eigenvalue weighted by molar-refractivity contribution is -0.123. The minimum atomic E-state index is -0.0464. The third-order valence-electron chi connectivity index (χ3n) is 3.72. The van der Waals surface area contributed by atoms with Crippen LogP contribution in [-0.4, -0.2) is 22.2 Å². The third kappa shape index (κ3) is 2.59. The van der Waals surface area contributed by atoms with Crippen LogP contribution in [0.3, 0.4) is 0 Å². The fourth-order valence-electron chi connectivity index (χ4n) is 2.55. The first-order valence-corrected chi connectivity index (χ1v) is 7.01. The molecule has 0 fully saturated rings. The summed E-state index contributed by atoms with van der Waals surface area (Å²) < 4.78 is 7.52. The van der Waals surface area contributed by atoms with Crippen LogP contribution >= 0.6 is 0 Å². The topological polar surface area (TPSA) is 44.1 Å². The third-order valence-corrected chi connectivity index (χ3v) is 3.72. The number of aryl methyl sites for hydroxylation is 1. The molecule has 4 nitrogen and oxygen atoms in total. The zero-order valence-corrected chi connectivity index (χ0v) is 11.6. The Kier molecular flexibility index (Phi) is 3.54. The number of carbonyl (C=O) groups excluding carboxylic acids is 1. The number of benzene rings is 1. The SMILES string of the molecule is CCn1cc(CC(=O)C2COc3ccccc3C2)cn1. The predicted molar refractivity (Wildman–Crippen MR) is 75.7 cm³/mol. The van der Waals surface area contributed by atoms with E-state index in [0.29, 0.717) is 13.0 Å². The fourth-order valence-corrected chi connectivity index (χ4v) is 2.55. The summed E-state index contributed by atoms with van der Waals surface area (Å²) in [6, 6.07) is 7.94. The number of carbonyl (C=O) groups is 1. The average Bonchev–Trinajstić information content (AvgIpc) is 2.94. The van der Waals surface area contributed by atoms with Crippen molar-refractivity contribution in [3.05, 3.63) is 47.8 Å². The van der Waals surface area contributed by atoms with Crippen molar-refractivity contribution in [3.63, 3.8) is 0 Å². The molecule has 0 amide bonds. The summed E-state index contributed by atoms with van der Waals surface area (Å²) in [5.41, 5.74) is 2.11. The lowest BCUT2D eigenvalue weighted by atomic mass is 9.91. The van der Waals surface area contributed by atoms with Gasteiger partial charge in [0.1, 0.15) is 11.5 Å². The summed E-state index contributed by atoms with van der Waals surface area (Å²) in [5, 5.41) is 4.20. The van der Waals surface area contributed by atoms with Gasteiger partial charge in [-0.1, -0.05) is 18.2 Å². The van der Waals surface area contributed by atoms with Gasteiger partial charge in [0, 0.05) is 19.2 Å². The number of ketones is 1. The van der Waals surface area contributed by atoms with Gasteiger partial charge in [-0.2, -0.15) is 5.10 Å². The summed E-state index contributed by atoms with van der Waals surface area (Å²) in [7, 11) is 0. The molecule has 0 N–H and O–H groups in total. The van der Waals surface area contributed by atoms with E-state index in [1.807, 2.05) is 42.1 Å². The molecule has 2 heterocycles. The molecule has 0 saturated carbocycles. The van der Waals surface area contributed by atoms with Gasteiger partial charge < -0.3 is 4.74 Å². The maximum absolute atomic E-state index is 12.4. The van der Waals surface area contributed by atoms with Crippen molar-refractivity contribution >= 4 is 5.78 Å². The monoisotopic (exact) mass is 270 g/mol. The van der Waals surface area contributed by atoms with Crippen molar-refractivity contribution in [3.8, 4) is 5.75 Å². The van der Waals surface area contributed by atoms with Crippen LogP contribution in [0.2, 0.25) is 0 Å². The molecule has 1 aromatic carbocycles. The molecular weight excluding hydrogens is 252 g/mol. The molecule has 0 bridgehead atoms. The average molecular weight is 270 g/mol. The minimum Gasteiger partial charge on any atom is -0.493 e. The van der Waals surface area contributed by atoms with E-state index in [4.69, 9.17) is 4.74 Å². The molecule has 1 unspecified atom stereocenters. The Bertz CT molecular complexity index is 618. The number of hydrogen-bond donors (Lipinski definition) is 0. The van der Waals surface area contributed by atoms with Gasteiger partial charge in [-0.25, -0.2) is 0 Å². The number of rotatable bonds is 4. The molecule has 2 aromatic rings. The number of ether oxygens (including phenoxy) is 1. The van der Waals surface area contributed by atoms with Crippen LogP contribution < -0.4 is 4.74 Å². The summed E-state index contributed by atoms with van der Waals surface area (Å²) >= 11 is 0. The van der Waals surface area contributed by atoms with E-state index in [1.54, 1.807) is 6.20 Å². The Morgan fingerprint density at radius 3 is 3.10 bits per heavy atom. The Labute approximate surface area is 118 Å². The molecule has 1 aliphatic rings. The zero-order chi connectivity index (χ0) is 13.9. The van der Waals surface area contributed by atoms with Crippen LogP contribution in [-0.2, 0) is 24.2 Å². The van der Waals surface area contributed by atoms with Crippen LogP contribution in [0.1, 0.15) is 18.1 Å². The number of aromatic nitrogens is 2. The standard InChI is InChI=1S/C16H18N2O2/c1-2-18-10-12(9-17-18)7-15(19)14-8-13-5-3-4-6-16(13)20-11-14/h3-6,9-10,14H,2,7-8,11H2,1H3. The van der Waals surface area contributed by atoms with E-state index in [9.17, 15) is 4.79 Å². The van der Waals surface area contributed by atoms with Crippen molar-refractivity contribution in [1.82, 2.24) is 9.78 Å². The van der Waals surface area contributed by atoms with Gasteiger partial charge in [-0.3, -0.25) is 9.48 Å². The van der Waals surface area contributed by atoms with Gasteiger partial charge >= 0.3 is 0 Å². The first kappa shape index (κ1) is 12.9.